The molecule has 1 aromatic carbocycles. The van der Waals surface area contributed by atoms with Crippen molar-refractivity contribution < 1.29 is 13.2 Å². The van der Waals surface area contributed by atoms with Gasteiger partial charge in [-0.05, 0) is 34.5 Å². The van der Waals surface area contributed by atoms with Gasteiger partial charge in [0.15, 0.2) is 0 Å². The third-order valence-electron chi connectivity index (χ3n) is 2.59. The molecule has 1 rings (SSSR count). The van der Waals surface area contributed by atoms with E-state index in [-0.39, 0.29) is 15.5 Å². The van der Waals surface area contributed by atoms with E-state index in [1.165, 1.54) is 12.1 Å². The Hall–Kier alpha value is -0.300. The van der Waals surface area contributed by atoms with Crippen molar-refractivity contribution >= 4 is 53.2 Å². The number of carbonyl (C=O) groups is 1. The highest BCUT2D eigenvalue weighted by Gasteiger charge is 2.19. The Kier molecular flexibility index (Phi) is 6.78. The molecule has 8 heteroatoms. The van der Waals surface area contributed by atoms with Crippen LogP contribution < -0.4 is 5.32 Å². The maximum Gasteiger partial charge on any atom is 0.261 e. The van der Waals surface area contributed by atoms with Crippen molar-refractivity contribution in [1.29, 1.82) is 0 Å². The van der Waals surface area contributed by atoms with Crippen LogP contribution in [0.5, 0.6) is 0 Å². The van der Waals surface area contributed by atoms with Crippen LogP contribution in [0.3, 0.4) is 0 Å². The smallest absolute Gasteiger partial charge is 0.261 e. The molecule has 0 fully saturated rings. The summed E-state index contributed by atoms with van der Waals surface area (Å²) in [6.45, 7) is 2.57. The average molecular weight is 403 g/mol. The SMILES string of the molecule is CCCCCNC(=O)c1cc(S(=O)(=O)Cl)cc(Br)c1Cl. The lowest BCUT2D eigenvalue weighted by molar-refractivity contribution is 0.0953. The molecular weight excluding hydrogens is 389 g/mol. The Labute approximate surface area is 136 Å². The average Bonchev–Trinajstić information content (AvgIpc) is 2.36. The monoisotopic (exact) mass is 401 g/mol. The van der Waals surface area contributed by atoms with Crippen molar-refractivity contribution in [3.8, 4) is 0 Å². The summed E-state index contributed by atoms with van der Waals surface area (Å²) >= 11 is 9.12. The molecule has 1 aromatic rings. The lowest BCUT2D eigenvalue weighted by Crippen LogP contribution is -2.25. The Balaban J connectivity index is 2.99. The van der Waals surface area contributed by atoms with Gasteiger partial charge in [-0.3, -0.25) is 4.79 Å². The fraction of sp³-hybridized carbons (Fsp3) is 0.417. The number of nitrogens with one attached hydrogen (secondary N) is 1. The van der Waals surface area contributed by atoms with Gasteiger partial charge in [0.1, 0.15) is 0 Å². The van der Waals surface area contributed by atoms with Gasteiger partial charge in [-0.2, -0.15) is 0 Å². The second-order valence-corrected chi connectivity index (χ2v) is 7.97. The number of halogens is 3. The number of amides is 1. The first-order valence-corrected chi connectivity index (χ1v) is 9.47. The molecule has 4 nitrogen and oxygen atoms in total. The molecule has 20 heavy (non-hydrogen) atoms. The molecule has 0 atom stereocenters. The van der Waals surface area contributed by atoms with Gasteiger partial charge < -0.3 is 5.32 Å². The Bertz CT molecular complexity index is 605. The van der Waals surface area contributed by atoms with Crippen LogP contribution in [0.15, 0.2) is 21.5 Å². The van der Waals surface area contributed by atoms with Gasteiger partial charge in [0.25, 0.3) is 15.0 Å². The van der Waals surface area contributed by atoms with Crippen LogP contribution in [0.25, 0.3) is 0 Å². The van der Waals surface area contributed by atoms with E-state index in [4.69, 9.17) is 22.3 Å². The fourth-order valence-electron chi connectivity index (χ4n) is 1.54. The molecule has 0 aliphatic carbocycles. The molecule has 0 heterocycles. The first-order valence-electron chi connectivity index (χ1n) is 5.99. The van der Waals surface area contributed by atoms with Crippen LogP contribution in [0.4, 0.5) is 0 Å². The lowest BCUT2D eigenvalue weighted by atomic mass is 10.2. The molecule has 0 aliphatic heterocycles. The summed E-state index contributed by atoms with van der Waals surface area (Å²) in [7, 11) is 1.36. The van der Waals surface area contributed by atoms with E-state index in [2.05, 4.69) is 28.2 Å². The predicted molar refractivity (Wildman–Crippen MR) is 84.0 cm³/mol. The summed E-state index contributed by atoms with van der Waals surface area (Å²) in [6, 6.07) is 2.43. The van der Waals surface area contributed by atoms with Crippen molar-refractivity contribution in [3.05, 3.63) is 27.2 Å². The quantitative estimate of drug-likeness (QED) is 0.578. The summed E-state index contributed by atoms with van der Waals surface area (Å²) in [5, 5.41) is 2.85. The maximum absolute atomic E-state index is 12.0. The summed E-state index contributed by atoms with van der Waals surface area (Å²) in [5.74, 6) is -0.422. The molecule has 0 saturated carbocycles. The minimum absolute atomic E-state index is 0.0803. The molecule has 0 spiro atoms. The highest BCUT2D eigenvalue weighted by atomic mass is 79.9. The normalized spacial score (nSPS) is 11.4. The minimum atomic E-state index is -3.92. The van der Waals surface area contributed by atoms with Crippen molar-refractivity contribution in [1.82, 2.24) is 5.32 Å². The van der Waals surface area contributed by atoms with Gasteiger partial charge in [-0.1, -0.05) is 31.4 Å². The van der Waals surface area contributed by atoms with E-state index in [9.17, 15) is 13.2 Å². The van der Waals surface area contributed by atoms with Gasteiger partial charge in [-0.15, -0.1) is 0 Å². The highest BCUT2D eigenvalue weighted by molar-refractivity contribution is 9.10. The van der Waals surface area contributed by atoms with Gasteiger partial charge in [-0.25, -0.2) is 8.42 Å². The number of unbranched alkanes of at least 4 members (excludes halogenated alkanes) is 2. The number of hydrogen-bond acceptors (Lipinski definition) is 3. The second-order valence-electron chi connectivity index (χ2n) is 4.17. The summed E-state index contributed by atoms with van der Waals surface area (Å²) in [5.41, 5.74) is 0.0803. The summed E-state index contributed by atoms with van der Waals surface area (Å²) in [6.07, 6.45) is 2.91. The number of benzene rings is 1. The first-order chi connectivity index (χ1) is 9.27. The Morgan fingerprint density at radius 3 is 2.55 bits per heavy atom. The van der Waals surface area contributed by atoms with E-state index in [1.54, 1.807) is 0 Å². The van der Waals surface area contributed by atoms with E-state index in [1.807, 2.05) is 0 Å². The minimum Gasteiger partial charge on any atom is -0.352 e. The van der Waals surface area contributed by atoms with Crippen LogP contribution in [-0.2, 0) is 9.05 Å². The van der Waals surface area contributed by atoms with E-state index in [0.29, 0.717) is 11.0 Å². The zero-order chi connectivity index (χ0) is 15.3. The zero-order valence-electron chi connectivity index (χ0n) is 10.8. The van der Waals surface area contributed by atoms with E-state index < -0.39 is 15.0 Å². The van der Waals surface area contributed by atoms with Crippen LogP contribution >= 0.6 is 38.2 Å². The number of carbonyl (C=O) groups excluding carboxylic acids is 1. The Morgan fingerprint density at radius 2 is 2.00 bits per heavy atom. The summed E-state index contributed by atoms with van der Waals surface area (Å²) < 4.78 is 23.0. The van der Waals surface area contributed by atoms with Gasteiger partial charge in [0, 0.05) is 21.7 Å². The molecule has 0 bridgehead atoms. The van der Waals surface area contributed by atoms with Crippen molar-refractivity contribution in [2.24, 2.45) is 0 Å². The highest BCUT2D eigenvalue weighted by Crippen LogP contribution is 2.31. The molecule has 0 saturated heterocycles. The van der Waals surface area contributed by atoms with E-state index in [0.717, 1.165) is 19.3 Å². The van der Waals surface area contributed by atoms with Crippen LogP contribution in [0.1, 0.15) is 36.5 Å². The third-order valence-corrected chi connectivity index (χ3v) is 5.19. The van der Waals surface area contributed by atoms with Crippen molar-refractivity contribution in [2.75, 3.05) is 6.54 Å². The van der Waals surface area contributed by atoms with Crippen LogP contribution in [-0.4, -0.2) is 20.9 Å². The topological polar surface area (TPSA) is 63.2 Å². The molecule has 1 N–H and O–H groups in total. The van der Waals surface area contributed by atoms with Gasteiger partial charge >= 0.3 is 0 Å². The largest absolute Gasteiger partial charge is 0.352 e. The molecule has 0 aromatic heterocycles. The standard InChI is InChI=1S/C12H14BrCl2NO3S/c1-2-3-4-5-16-12(17)9-6-8(20(15,18)19)7-10(13)11(9)14/h6-7H,2-5H2,1H3,(H,16,17). The van der Waals surface area contributed by atoms with Crippen LogP contribution in [0, 0.1) is 0 Å². The maximum atomic E-state index is 12.0. The zero-order valence-corrected chi connectivity index (χ0v) is 14.7. The molecule has 112 valence electrons. The first kappa shape index (κ1) is 17.8. The van der Waals surface area contributed by atoms with Gasteiger partial charge in [0.05, 0.1) is 15.5 Å². The molecule has 0 radical (unpaired) electrons. The molecular formula is C12H14BrCl2NO3S. The lowest BCUT2D eigenvalue weighted by Gasteiger charge is -2.09. The molecule has 0 aliphatic rings. The van der Waals surface area contributed by atoms with Gasteiger partial charge in [0.2, 0.25) is 0 Å². The fourth-order valence-corrected chi connectivity index (χ4v) is 3.13. The molecule has 0 unspecified atom stereocenters. The van der Waals surface area contributed by atoms with Crippen molar-refractivity contribution in [3.63, 3.8) is 0 Å². The van der Waals surface area contributed by atoms with Crippen LogP contribution in [0.2, 0.25) is 5.02 Å². The number of hydrogen-bond donors (Lipinski definition) is 1. The third kappa shape index (κ3) is 4.91. The van der Waals surface area contributed by atoms with Crippen molar-refractivity contribution in [2.45, 2.75) is 31.1 Å². The van der Waals surface area contributed by atoms with E-state index >= 15 is 0 Å². The Morgan fingerprint density at radius 1 is 1.35 bits per heavy atom. The second kappa shape index (κ2) is 7.64. The predicted octanol–water partition coefficient (Wildman–Crippen LogP) is 3.95. The number of rotatable bonds is 6. The summed E-state index contributed by atoms with van der Waals surface area (Å²) in [4.78, 5) is 11.8. The molecule has 1 amide bonds.